The number of nitrogens with one attached hydrogen (secondary N) is 2. The highest BCUT2D eigenvalue weighted by molar-refractivity contribution is 5.98. The number of fused-ring (bicyclic) bond motifs is 1. The molecule has 9 heteroatoms. The Morgan fingerprint density at radius 3 is 2.86 bits per heavy atom. The van der Waals surface area contributed by atoms with E-state index < -0.39 is 11.7 Å². The smallest absolute Gasteiger partial charge is 0.350 e. The van der Waals surface area contributed by atoms with Crippen LogP contribution < -0.4 is 10.6 Å². The van der Waals surface area contributed by atoms with E-state index in [-0.39, 0.29) is 17.7 Å². The third-order valence-electron chi connectivity index (χ3n) is 5.10. The Hall–Kier alpha value is -3.12. The van der Waals surface area contributed by atoms with Gasteiger partial charge < -0.3 is 15.2 Å². The van der Waals surface area contributed by atoms with Crippen LogP contribution in [0.1, 0.15) is 24.0 Å². The number of para-hydroxylation sites is 1. The van der Waals surface area contributed by atoms with Gasteiger partial charge in [-0.1, -0.05) is 12.1 Å². The first-order valence-electron chi connectivity index (χ1n) is 9.28. The molecule has 150 valence electrons. The van der Waals surface area contributed by atoms with E-state index in [2.05, 4.69) is 26.7 Å². The van der Waals surface area contributed by atoms with Crippen molar-refractivity contribution < 1.29 is 13.2 Å². The molecule has 1 aliphatic heterocycles. The standard InChI is InChI=1S/C20H19F3N6/c1-29-11-15(14-6-2-4-12(8-24)18(14)29)17-16(20(21,22)23)10-26-19(28-17)27-13-5-3-7-25-9-13/h2,4,6,10-11,13,25H,3,5,7,9H2,1H3,(H,26,27,28)/t13-/m0/s1. The third kappa shape index (κ3) is 3.63. The van der Waals surface area contributed by atoms with E-state index in [1.54, 1.807) is 36.0 Å². The van der Waals surface area contributed by atoms with Gasteiger partial charge in [-0.15, -0.1) is 0 Å². The third-order valence-corrected chi connectivity index (χ3v) is 5.10. The van der Waals surface area contributed by atoms with Crippen LogP contribution >= 0.6 is 0 Å². The normalized spacial score (nSPS) is 17.3. The van der Waals surface area contributed by atoms with Crippen molar-refractivity contribution >= 4 is 16.9 Å². The number of benzene rings is 1. The Labute approximate surface area is 165 Å². The average molecular weight is 400 g/mol. The predicted octanol–water partition coefficient (Wildman–Crippen LogP) is 3.69. The van der Waals surface area contributed by atoms with Crippen LogP contribution in [0, 0.1) is 11.3 Å². The Morgan fingerprint density at radius 1 is 1.34 bits per heavy atom. The highest BCUT2D eigenvalue weighted by Gasteiger charge is 2.36. The molecule has 2 N–H and O–H groups in total. The number of aromatic nitrogens is 3. The number of halogens is 3. The number of anilines is 1. The maximum absolute atomic E-state index is 13.7. The summed E-state index contributed by atoms with van der Waals surface area (Å²) in [6.45, 7) is 1.63. The number of aryl methyl sites for hydroxylation is 1. The molecule has 29 heavy (non-hydrogen) atoms. The van der Waals surface area contributed by atoms with Gasteiger partial charge in [0.25, 0.3) is 0 Å². The van der Waals surface area contributed by atoms with Gasteiger partial charge in [0.15, 0.2) is 0 Å². The zero-order chi connectivity index (χ0) is 20.6. The molecule has 1 saturated heterocycles. The zero-order valence-electron chi connectivity index (χ0n) is 15.7. The lowest BCUT2D eigenvalue weighted by Gasteiger charge is -2.24. The molecule has 0 aliphatic carbocycles. The Balaban J connectivity index is 1.86. The van der Waals surface area contributed by atoms with Crippen molar-refractivity contribution in [2.45, 2.75) is 25.1 Å². The van der Waals surface area contributed by atoms with Crippen molar-refractivity contribution in [3.63, 3.8) is 0 Å². The molecule has 1 fully saturated rings. The average Bonchev–Trinajstić information content (AvgIpc) is 3.05. The van der Waals surface area contributed by atoms with E-state index >= 15 is 0 Å². The van der Waals surface area contributed by atoms with Gasteiger partial charge in [-0.05, 0) is 25.5 Å². The van der Waals surface area contributed by atoms with Gasteiger partial charge in [-0.3, -0.25) is 0 Å². The fourth-order valence-electron chi connectivity index (χ4n) is 3.77. The molecule has 1 aromatic carbocycles. The Bertz CT molecular complexity index is 1090. The number of alkyl halides is 3. The summed E-state index contributed by atoms with van der Waals surface area (Å²) in [5.41, 5.74) is 0.187. The minimum Gasteiger partial charge on any atom is -0.350 e. The molecule has 2 aromatic heterocycles. The lowest BCUT2D eigenvalue weighted by atomic mass is 10.0. The molecule has 1 atom stereocenters. The van der Waals surface area contributed by atoms with E-state index in [4.69, 9.17) is 0 Å². The molecule has 0 saturated carbocycles. The van der Waals surface area contributed by atoms with Crippen molar-refractivity contribution in [2.24, 2.45) is 7.05 Å². The summed E-state index contributed by atoms with van der Waals surface area (Å²) in [4.78, 5) is 8.17. The van der Waals surface area contributed by atoms with E-state index in [0.717, 1.165) is 25.6 Å². The molecular formula is C20H19F3N6. The monoisotopic (exact) mass is 400 g/mol. The van der Waals surface area contributed by atoms with Crippen LogP contribution in [-0.2, 0) is 13.2 Å². The maximum atomic E-state index is 13.7. The lowest BCUT2D eigenvalue weighted by Crippen LogP contribution is -2.38. The van der Waals surface area contributed by atoms with E-state index in [1.165, 1.54) is 0 Å². The Morgan fingerprint density at radius 2 is 2.17 bits per heavy atom. The van der Waals surface area contributed by atoms with Gasteiger partial charge in [-0.25, -0.2) is 9.97 Å². The molecule has 4 rings (SSSR count). The Kier molecular flexibility index (Phi) is 4.88. The minimum absolute atomic E-state index is 0.0612. The number of rotatable bonds is 3. The molecular weight excluding hydrogens is 381 g/mol. The fourth-order valence-corrected chi connectivity index (χ4v) is 3.77. The van der Waals surface area contributed by atoms with Crippen LogP contribution in [0.3, 0.4) is 0 Å². The highest BCUT2D eigenvalue weighted by atomic mass is 19.4. The zero-order valence-corrected chi connectivity index (χ0v) is 15.7. The quantitative estimate of drug-likeness (QED) is 0.701. The summed E-state index contributed by atoms with van der Waals surface area (Å²) in [6, 6.07) is 7.15. The second-order valence-corrected chi connectivity index (χ2v) is 7.11. The van der Waals surface area contributed by atoms with Crippen molar-refractivity contribution in [2.75, 3.05) is 18.4 Å². The molecule has 3 aromatic rings. The van der Waals surface area contributed by atoms with Crippen LogP contribution in [0.2, 0.25) is 0 Å². The predicted molar refractivity (Wildman–Crippen MR) is 103 cm³/mol. The number of nitriles is 1. The van der Waals surface area contributed by atoms with Gasteiger partial charge in [0.2, 0.25) is 5.95 Å². The molecule has 0 radical (unpaired) electrons. The first-order chi connectivity index (χ1) is 13.9. The van der Waals surface area contributed by atoms with Crippen LogP contribution in [-0.4, -0.2) is 33.7 Å². The SMILES string of the molecule is Cn1cc(-c2nc(N[C@H]3CCCNC3)ncc2C(F)(F)F)c2cccc(C#N)c21. The highest BCUT2D eigenvalue weighted by Crippen LogP contribution is 2.39. The van der Waals surface area contributed by atoms with Crippen LogP contribution in [0.5, 0.6) is 0 Å². The molecule has 0 bridgehead atoms. The summed E-state index contributed by atoms with van der Waals surface area (Å²) in [6.07, 6.45) is -0.323. The second kappa shape index (κ2) is 7.37. The molecule has 0 unspecified atom stereocenters. The van der Waals surface area contributed by atoms with Crippen molar-refractivity contribution in [3.8, 4) is 17.3 Å². The van der Waals surface area contributed by atoms with Crippen LogP contribution in [0.25, 0.3) is 22.2 Å². The summed E-state index contributed by atoms with van der Waals surface area (Å²) >= 11 is 0. The van der Waals surface area contributed by atoms with E-state index in [9.17, 15) is 18.4 Å². The van der Waals surface area contributed by atoms with Crippen molar-refractivity contribution in [1.29, 1.82) is 5.26 Å². The van der Waals surface area contributed by atoms with Crippen LogP contribution in [0.4, 0.5) is 19.1 Å². The van der Waals surface area contributed by atoms with Gasteiger partial charge in [0.05, 0.1) is 16.8 Å². The summed E-state index contributed by atoms with van der Waals surface area (Å²) in [5, 5.41) is 16.3. The van der Waals surface area contributed by atoms with Crippen molar-refractivity contribution in [1.82, 2.24) is 19.9 Å². The summed E-state index contributed by atoms with van der Waals surface area (Å²) in [7, 11) is 1.70. The first kappa shape index (κ1) is 19.2. The maximum Gasteiger partial charge on any atom is 0.419 e. The second-order valence-electron chi connectivity index (χ2n) is 7.11. The first-order valence-corrected chi connectivity index (χ1v) is 9.28. The van der Waals surface area contributed by atoms with Gasteiger partial charge in [0, 0.05) is 43.0 Å². The molecule has 3 heterocycles. The number of hydrogen-bond acceptors (Lipinski definition) is 5. The van der Waals surface area contributed by atoms with Crippen LogP contribution in [0.15, 0.2) is 30.6 Å². The van der Waals surface area contributed by atoms with E-state index in [0.29, 0.717) is 28.6 Å². The summed E-state index contributed by atoms with van der Waals surface area (Å²) < 4.78 is 42.8. The largest absolute Gasteiger partial charge is 0.419 e. The van der Waals surface area contributed by atoms with E-state index in [1.807, 2.05) is 0 Å². The number of hydrogen-bond donors (Lipinski definition) is 2. The molecule has 1 aliphatic rings. The molecule has 0 spiro atoms. The fraction of sp³-hybridized carbons (Fsp3) is 0.350. The van der Waals surface area contributed by atoms with Crippen molar-refractivity contribution in [3.05, 3.63) is 41.7 Å². The number of piperidine rings is 1. The minimum atomic E-state index is -4.60. The lowest BCUT2D eigenvalue weighted by molar-refractivity contribution is -0.137. The molecule has 0 amide bonds. The number of nitrogens with zero attached hydrogens (tertiary/aromatic N) is 4. The van der Waals surface area contributed by atoms with Gasteiger partial charge in [0.1, 0.15) is 11.6 Å². The molecule has 6 nitrogen and oxygen atoms in total. The summed E-state index contributed by atoms with van der Waals surface area (Å²) in [5.74, 6) is 0.162. The topological polar surface area (TPSA) is 78.6 Å². The van der Waals surface area contributed by atoms with Gasteiger partial charge in [-0.2, -0.15) is 18.4 Å². The van der Waals surface area contributed by atoms with Gasteiger partial charge >= 0.3 is 6.18 Å².